The quantitative estimate of drug-likeness (QED) is 0.825. The Hall–Kier alpha value is -1.22. The maximum Gasteiger partial charge on any atom is 0.120 e. The van der Waals surface area contributed by atoms with Crippen LogP contribution in [0.15, 0.2) is 18.2 Å². The van der Waals surface area contributed by atoms with Gasteiger partial charge in [0.05, 0.1) is 7.11 Å². The molecule has 0 bridgehead atoms. The Morgan fingerprint density at radius 3 is 2.53 bits per heavy atom. The highest BCUT2D eigenvalue weighted by Crippen LogP contribution is 2.51. The number of ether oxygens (including phenoxy) is 1. The summed E-state index contributed by atoms with van der Waals surface area (Å²) in [4.78, 5) is 0. The van der Waals surface area contributed by atoms with E-state index in [1.807, 2.05) is 6.07 Å². The topological polar surface area (TPSA) is 41.5 Å². The van der Waals surface area contributed by atoms with Gasteiger partial charge in [0.1, 0.15) is 11.5 Å². The van der Waals surface area contributed by atoms with Gasteiger partial charge < -0.3 is 15.2 Å². The van der Waals surface area contributed by atoms with Gasteiger partial charge in [-0.05, 0) is 49.3 Å². The van der Waals surface area contributed by atoms with Crippen molar-refractivity contribution in [3.63, 3.8) is 0 Å². The van der Waals surface area contributed by atoms with Gasteiger partial charge in [-0.3, -0.25) is 0 Å². The van der Waals surface area contributed by atoms with E-state index < -0.39 is 0 Å². The molecule has 1 aromatic carbocycles. The second-order valence-corrected chi connectivity index (χ2v) is 6.04. The summed E-state index contributed by atoms with van der Waals surface area (Å²) in [7, 11) is 1.65. The van der Waals surface area contributed by atoms with E-state index in [1.54, 1.807) is 19.2 Å². The fraction of sp³-hybridized carbons (Fsp3) is 0.625. The number of hydrogen-bond donors (Lipinski definition) is 2. The van der Waals surface area contributed by atoms with E-state index in [0.29, 0.717) is 17.1 Å². The van der Waals surface area contributed by atoms with E-state index in [9.17, 15) is 5.11 Å². The minimum atomic E-state index is 0.131. The molecular formula is C16H25NO2. The van der Waals surface area contributed by atoms with E-state index in [4.69, 9.17) is 4.74 Å². The lowest BCUT2D eigenvalue weighted by Crippen LogP contribution is -2.29. The predicted octanol–water partition coefficient (Wildman–Crippen LogP) is 3.49. The van der Waals surface area contributed by atoms with Crippen molar-refractivity contribution >= 4 is 0 Å². The monoisotopic (exact) mass is 263 g/mol. The zero-order valence-electron chi connectivity index (χ0n) is 12.4. The highest BCUT2D eigenvalue weighted by atomic mass is 16.5. The van der Waals surface area contributed by atoms with E-state index >= 15 is 0 Å². The van der Waals surface area contributed by atoms with Crippen molar-refractivity contribution in [1.29, 1.82) is 0 Å². The molecule has 3 nitrogen and oxygen atoms in total. The van der Waals surface area contributed by atoms with E-state index in [-0.39, 0.29) is 6.04 Å². The Morgan fingerprint density at radius 2 is 2.00 bits per heavy atom. The molecule has 0 radical (unpaired) electrons. The summed E-state index contributed by atoms with van der Waals surface area (Å²) >= 11 is 0. The van der Waals surface area contributed by atoms with Gasteiger partial charge >= 0.3 is 0 Å². The molecule has 1 aliphatic rings. The third kappa shape index (κ3) is 3.03. The molecule has 19 heavy (non-hydrogen) atoms. The zero-order valence-corrected chi connectivity index (χ0v) is 12.4. The molecule has 1 atom stereocenters. The normalized spacial score (nSPS) is 18.4. The van der Waals surface area contributed by atoms with Gasteiger partial charge in [0.15, 0.2) is 0 Å². The van der Waals surface area contributed by atoms with Crippen molar-refractivity contribution in [2.45, 2.75) is 39.7 Å². The highest BCUT2D eigenvalue weighted by Gasteiger charge is 2.44. The van der Waals surface area contributed by atoms with Gasteiger partial charge in [0, 0.05) is 18.2 Å². The molecule has 0 heterocycles. The lowest BCUT2D eigenvalue weighted by Gasteiger charge is -2.24. The predicted molar refractivity (Wildman–Crippen MR) is 77.6 cm³/mol. The number of aromatic hydroxyl groups is 1. The van der Waals surface area contributed by atoms with Crippen molar-refractivity contribution in [1.82, 2.24) is 5.32 Å². The SMILES string of the molecule is COc1ccc(O)c(C(C)NCC2(C(C)C)CC2)c1. The summed E-state index contributed by atoms with van der Waals surface area (Å²) in [5.41, 5.74) is 1.38. The molecule has 1 aromatic rings. The molecule has 1 fully saturated rings. The van der Waals surface area contributed by atoms with Crippen LogP contribution in [0.2, 0.25) is 0 Å². The third-order valence-electron chi connectivity index (χ3n) is 4.58. The van der Waals surface area contributed by atoms with E-state index in [1.165, 1.54) is 12.8 Å². The summed E-state index contributed by atoms with van der Waals surface area (Å²) in [6.45, 7) is 7.69. The van der Waals surface area contributed by atoms with Crippen LogP contribution < -0.4 is 10.1 Å². The van der Waals surface area contributed by atoms with Crippen LogP contribution in [0.4, 0.5) is 0 Å². The van der Waals surface area contributed by atoms with Gasteiger partial charge in [-0.25, -0.2) is 0 Å². The molecule has 0 aliphatic heterocycles. The number of nitrogens with one attached hydrogen (secondary N) is 1. The first kappa shape index (κ1) is 14.2. The highest BCUT2D eigenvalue weighted by molar-refractivity contribution is 5.41. The van der Waals surface area contributed by atoms with Crippen LogP contribution in [0.3, 0.4) is 0 Å². The molecule has 0 spiro atoms. The Labute approximate surface area is 116 Å². The van der Waals surface area contributed by atoms with Gasteiger partial charge in [0.2, 0.25) is 0 Å². The first-order chi connectivity index (χ1) is 8.98. The zero-order chi connectivity index (χ0) is 14.0. The molecule has 106 valence electrons. The minimum Gasteiger partial charge on any atom is -0.508 e. The summed E-state index contributed by atoms with van der Waals surface area (Å²) < 4.78 is 5.22. The van der Waals surface area contributed by atoms with Gasteiger partial charge in [-0.2, -0.15) is 0 Å². The van der Waals surface area contributed by atoms with Crippen molar-refractivity contribution in [3.8, 4) is 11.5 Å². The number of phenolic OH excluding ortho intramolecular Hbond substituents is 1. The summed E-state index contributed by atoms with van der Waals surface area (Å²) in [5.74, 6) is 1.83. The maximum atomic E-state index is 9.96. The Balaban J connectivity index is 2.02. The summed E-state index contributed by atoms with van der Waals surface area (Å²) in [6.07, 6.45) is 2.63. The first-order valence-corrected chi connectivity index (χ1v) is 7.09. The lowest BCUT2D eigenvalue weighted by molar-refractivity contribution is 0.322. The van der Waals surface area contributed by atoms with Crippen LogP contribution in [-0.4, -0.2) is 18.8 Å². The van der Waals surface area contributed by atoms with Crippen LogP contribution in [0.25, 0.3) is 0 Å². The van der Waals surface area contributed by atoms with Crippen molar-refractivity contribution in [2.24, 2.45) is 11.3 Å². The van der Waals surface area contributed by atoms with Crippen LogP contribution in [0.5, 0.6) is 11.5 Å². The fourth-order valence-corrected chi connectivity index (χ4v) is 2.59. The Bertz CT molecular complexity index is 438. The maximum absolute atomic E-state index is 9.96. The fourth-order valence-electron chi connectivity index (χ4n) is 2.59. The number of benzene rings is 1. The van der Waals surface area contributed by atoms with Crippen LogP contribution in [0, 0.1) is 11.3 Å². The van der Waals surface area contributed by atoms with Gasteiger partial charge in [-0.15, -0.1) is 0 Å². The van der Waals surface area contributed by atoms with Crippen molar-refractivity contribution in [2.75, 3.05) is 13.7 Å². The molecule has 0 amide bonds. The second-order valence-electron chi connectivity index (χ2n) is 6.04. The van der Waals surface area contributed by atoms with Crippen molar-refractivity contribution < 1.29 is 9.84 Å². The number of rotatable bonds is 6. The molecule has 1 aliphatic carbocycles. The Kier molecular flexibility index (Phi) is 4.04. The third-order valence-corrected chi connectivity index (χ3v) is 4.58. The standard InChI is InChI=1S/C16H25NO2/c1-11(2)16(7-8-16)10-17-12(3)14-9-13(19-4)5-6-15(14)18/h5-6,9,11-12,17-18H,7-8,10H2,1-4H3. The Morgan fingerprint density at radius 1 is 1.32 bits per heavy atom. The molecule has 3 heteroatoms. The van der Waals surface area contributed by atoms with Crippen LogP contribution in [-0.2, 0) is 0 Å². The summed E-state index contributed by atoms with van der Waals surface area (Å²) in [6, 6.07) is 5.51. The largest absolute Gasteiger partial charge is 0.508 e. The number of methoxy groups -OCH3 is 1. The van der Waals surface area contributed by atoms with Crippen molar-refractivity contribution in [3.05, 3.63) is 23.8 Å². The lowest BCUT2D eigenvalue weighted by atomic mass is 9.92. The van der Waals surface area contributed by atoms with Gasteiger partial charge in [0.25, 0.3) is 0 Å². The first-order valence-electron chi connectivity index (χ1n) is 7.09. The molecule has 1 unspecified atom stereocenters. The molecule has 2 N–H and O–H groups in total. The number of phenols is 1. The average Bonchev–Trinajstić information content (AvgIpc) is 3.18. The average molecular weight is 263 g/mol. The molecule has 0 aromatic heterocycles. The molecule has 1 saturated carbocycles. The molecule has 0 saturated heterocycles. The van der Waals surface area contributed by atoms with E-state index in [0.717, 1.165) is 17.9 Å². The number of hydrogen-bond acceptors (Lipinski definition) is 3. The second kappa shape index (κ2) is 5.41. The molecular weight excluding hydrogens is 238 g/mol. The van der Waals surface area contributed by atoms with Crippen LogP contribution >= 0.6 is 0 Å². The minimum absolute atomic E-state index is 0.131. The van der Waals surface area contributed by atoms with Crippen LogP contribution in [0.1, 0.15) is 45.2 Å². The van der Waals surface area contributed by atoms with Gasteiger partial charge in [-0.1, -0.05) is 13.8 Å². The summed E-state index contributed by atoms with van der Waals surface area (Å²) in [5, 5.41) is 13.5. The smallest absolute Gasteiger partial charge is 0.120 e. The van der Waals surface area contributed by atoms with E-state index in [2.05, 4.69) is 26.1 Å². The molecule has 2 rings (SSSR count).